The third kappa shape index (κ3) is 5.66. The smallest absolute Gasteiger partial charge is 0.168 e. The molecule has 0 heterocycles. The molecule has 0 saturated carbocycles. The standard InChI is InChI=1S/C11H13ClO2.C3H6/c1-7(2)10(13)11(14)8-4-3-5-9(12)6-8;1-3-2/h3-7,11,14H,1-2H3;3H,1H2,2H3. The van der Waals surface area contributed by atoms with Crippen LogP contribution in [0.4, 0.5) is 0 Å². The van der Waals surface area contributed by atoms with Crippen LogP contribution >= 0.6 is 11.6 Å². The van der Waals surface area contributed by atoms with E-state index >= 15 is 0 Å². The molecule has 0 spiro atoms. The van der Waals surface area contributed by atoms with Crippen LogP contribution in [0.5, 0.6) is 0 Å². The van der Waals surface area contributed by atoms with Crippen molar-refractivity contribution in [2.45, 2.75) is 26.9 Å². The molecule has 0 radical (unpaired) electrons. The summed E-state index contributed by atoms with van der Waals surface area (Å²) in [7, 11) is 0. The molecule has 0 aliphatic heterocycles. The SMILES string of the molecule is C=CC.CC(C)C(=O)C(O)c1cccc(Cl)c1. The molecular formula is C14H19ClO2. The summed E-state index contributed by atoms with van der Waals surface area (Å²) in [5.41, 5.74) is 0.552. The lowest BCUT2D eigenvalue weighted by Crippen LogP contribution is -2.17. The number of aliphatic hydroxyl groups is 1. The number of rotatable bonds is 3. The van der Waals surface area contributed by atoms with Gasteiger partial charge in [-0.25, -0.2) is 0 Å². The number of aliphatic hydroxyl groups excluding tert-OH is 1. The molecule has 1 rings (SSSR count). The van der Waals surface area contributed by atoms with Crippen molar-refractivity contribution in [2.24, 2.45) is 5.92 Å². The van der Waals surface area contributed by atoms with Gasteiger partial charge in [0.2, 0.25) is 0 Å². The second kappa shape index (κ2) is 8.04. The molecule has 0 aliphatic carbocycles. The minimum absolute atomic E-state index is 0.177. The van der Waals surface area contributed by atoms with E-state index in [0.717, 1.165) is 0 Å². The zero-order valence-electron chi connectivity index (χ0n) is 10.5. The van der Waals surface area contributed by atoms with Gasteiger partial charge in [-0.1, -0.05) is 43.7 Å². The maximum Gasteiger partial charge on any atom is 0.168 e. The first-order chi connectivity index (χ1) is 7.93. The van der Waals surface area contributed by atoms with Crippen molar-refractivity contribution in [2.75, 3.05) is 0 Å². The zero-order chi connectivity index (χ0) is 13.4. The Labute approximate surface area is 108 Å². The highest BCUT2D eigenvalue weighted by atomic mass is 35.5. The van der Waals surface area contributed by atoms with Crippen LogP contribution in [0.25, 0.3) is 0 Å². The Bertz CT molecular complexity index is 372. The van der Waals surface area contributed by atoms with Gasteiger partial charge in [0.15, 0.2) is 5.78 Å². The van der Waals surface area contributed by atoms with Gasteiger partial charge in [0, 0.05) is 10.9 Å². The molecule has 0 saturated heterocycles. The van der Waals surface area contributed by atoms with Crippen LogP contribution < -0.4 is 0 Å². The summed E-state index contributed by atoms with van der Waals surface area (Å²) in [4.78, 5) is 11.5. The molecular weight excluding hydrogens is 236 g/mol. The predicted molar refractivity (Wildman–Crippen MR) is 72.1 cm³/mol. The van der Waals surface area contributed by atoms with Gasteiger partial charge in [-0.15, -0.1) is 6.58 Å². The number of hydrogen-bond acceptors (Lipinski definition) is 2. The average molecular weight is 255 g/mol. The number of Topliss-reactive ketones (excluding diaryl/α,β-unsaturated/α-hetero) is 1. The van der Waals surface area contributed by atoms with Crippen LogP contribution in [-0.4, -0.2) is 10.9 Å². The normalized spacial score (nSPS) is 11.4. The maximum absolute atomic E-state index is 11.5. The molecule has 1 aromatic rings. The summed E-state index contributed by atoms with van der Waals surface area (Å²) in [5.74, 6) is -0.365. The largest absolute Gasteiger partial charge is 0.381 e. The van der Waals surface area contributed by atoms with E-state index in [4.69, 9.17) is 11.6 Å². The van der Waals surface area contributed by atoms with Crippen molar-refractivity contribution in [3.05, 3.63) is 47.5 Å². The molecule has 0 amide bonds. The molecule has 0 aliphatic rings. The second-order valence-electron chi connectivity index (χ2n) is 3.92. The predicted octanol–water partition coefficient (Wildman–Crippen LogP) is 3.79. The van der Waals surface area contributed by atoms with E-state index in [1.54, 1.807) is 44.2 Å². The maximum atomic E-state index is 11.5. The number of carbonyl (C=O) groups is 1. The van der Waals surface area contributed by atoms with Crippen LogP contribution in [-0.2, 0) is 4.79 Å². The van der Waals surface area contributed by atoms with Gasteiger partial charge in [0.1, 0.15) is 6.10 Å². The van der Waals surface area contributed by atoms with Gasteiger partial charge < -0.3 is 5.11 Å². The molecule has 17 heavy (non-hydrogen) atoms. The highest BCUT2D eigenvalue weighted by Gasteiger charge is 2.19. The molecule has 0 bridgehead atoms. The zero-order valence-corrected chi connectivity index (χ0v) is 11.2. The highest BCUT2D eigenvalue weighted by Crippen LogP contribution is 2.20. The minimum Gasteiger partial charge on any atom is -0.381 e. The molecule has 1 unspecified atom stereocenters. The lowest BCUT2D eigenvalue weighted by Gasteiger charge is -2.12. The van der Waals surface area contributed by atoms with Gasteiger partial charge in [-0.3, -0.25) is 4.79 Å². The fourth-order valence-corrected chi connectivity index (χ4v) is 1.36. The average Bonchev–Trinajstić information content (AvgIpc) is 2.28. The van der Waals surface area contributed by atoms with Gasteiger partial charge in [-0.2, -0.15) is 0 Å². The van der Waals surface area contributed by atoms with Gasteiger partial charge in [0.05, 0.1) is 0 Å². The molecule has 0 aromatic heterocycles. The summed E-state index contributed by atoms with van der Waals surface area (Å²) in [6.07, 6.45) is 0.689. The van der Waals surface area contributed by atoms with Crippen molar-refractivity contribution in [3.8, 4) is 0 Å². The van der Waals surface area contributed by atoms with E-state index in [0.29, 0.717) is 10.6 Å². The molecule has 1 aromatic carbocycles. The number of halogens is 1. The van der Waals surface area contributed by atoms with Gasteiger partial charge >= 0.3 is 0 Å². The first-order valence-electron chi connectivity index (χ1n) is 5.48. The van der Waals surface area contributed by atoms with Crippen LogP contribution in [0.15, 0.2) is 36.9 Å². The second-order valence-corrected chi connectivity index (χ2v) is 4.36. The van der Waals surface area contributed by atoms with Crippen molar-refractivity contribution in [1.82, 2.24) is 0 Å². The Morgan fingerprint density at radius 1 is 1.47 bits per heavy atom. The van der Waals surface area contributed by atoms with Crippen LogP contribution in [0.2, 0.25) is 5.02 Å². The molecule has 1 N–H and O–H groups in total. The Morgan fingerprint density at radius 3 is 2.41 bits per heavy atom. The van der Waals surface area contributed by atoms with Crippen molar-refractivity contribution in [1.29, 1.82) is 0 Å². The summed E-state index contributed by atoms with van der Waals surface area (Å²) in [6, 6.07) is 6.72. The minimum atomic E-state index is -1.06. The number of hydrogen-bond donors (Lipinski definition) is 1. The summed E-state index contributed by atoms with van der Waals surface area (Å²) in [5, 5.41) is 10.2. The molecule has 3 heteroatoms. The lowest BCUT2D eigenvalue weighted by atomic mass is 9.98. The highest BCUT2D eigenvalue weighted by molar-refractivity contribution is 6.30. The van der Waals surface area contributed by atoms with Crippen LogP contribution in [0.1, 0.15) is 32.4 Å². The summed E-state index contributed by atoms with van der Waals surface area (Å²) in [6.45, 7) is 8.77. The van der Waals surface area contributed by atoms with Gasteiger partial charge in [0.25, 0.3) is 0 Å². The quantitative estimate of drug-likeness (QED) is 0.834. The fourth-order valence-electron chi connectivity index (χ4n) is 1.16. The summed E-state index contributed by atoms with van der Waals surface area (Å²) >= 11 is 5.75. The van der Waals surface area contributed by atoms with E-state index in [2.05, 4.69) is 6.58 Å². The summed E-state index contributed by atoms with van der Waals surface area (Å²) < 4.78 is 0. The van der Waals surface area contributed by atoms with Gasteiger partial charge in [-0.05, 0) is 24.6 Å². The number of ketones is 1. The Kier molecular flexibility index (Phi) is 7.51. The van der Waals surface area contributed by atoms with Crippen molar-refractivity contribution >= 4 is 17.4 Å². The molecule has 2 nitrogen and oxygen atoms in total. The van der Waals surface area contributed by atoms with E-state index in [1.807, 2.05) is 6.92 Å². The van der Waals surface area contributed by atoms with E-state index in [1.165, 1.54) is 0 Å². The number of allylic oxidation sites excluding steroid dienone is 1. The number of carbonyl (C=O) groups excluding carboxylic acids is 1. The van der Waals surface area contributed by atoms with E-state index in [-0.39, 0.29) is 11.7 Å². The molecule has 1 atom stereocenters. The molecule has 0 fully saturated rings. The van der Waals surface area contributed by atoms with E-state index < -0.39 is 6.10 Å². The number of benzene rings is 1. The first-order valence-corrected chi connectivity index (χ1v) is 5.86. The van der Waals surface area contributed by atoms with Crippen LogP contribution in [0, 0.1) is 5.92 Å². The Balaban J connectivity index is 0.000000770. The monoisotopic (exact) mass is 254 g/mol. The van der Waals surface area contributed by atoms with Crippen LogP contribution in [0.3, 0.4) is 0 Å². The molecule has 94 valence electrons. The third-order valence-electron chi connectivity index (χ3n) is 2.00. The lowest BCUT2D eigenvalue weighted by molar-refractivity contribution is -0.130. The topological polar surface area (TPSA) is 37.3 Å². The first kappa shape index (κ1) is 15.9. The Morgan fingerprint density at radius 2 is 2.00 bits per heavy atom. The van der Waals surface area contributed by atoms with Crippen molar-refractivity contribution < 1.29 is 9.90 Å². The Hall–Kier alpha value is -1.12. The van der Waals surface area contributed by atoms with E-state index in [9.17, 15) is 9.90 Å². The van der Waals surface area contributed by atoms with Crippen molar-refractivity contribution in [3.63, 3.8) is 0 Å². The fraction of sp³-hybridized carbons (Fsp3) is 0.357. The third-order valence-corrected chi connectivity index (χ3v) is 2.24.